The first kappa shape index (κ1) is 19.6. The van der Waals surface area contributed by atoms with Gasteiger partial charge in [0.15, 0.2) is 9.84 Å². The van der Waals surface area contributed by atoms with Crippen molar-refractivity contribution in [2.24, 2.45) is 4.99 Å². The number of sulfone groups is 1. The van der Waals surface area contributed by atoms with Crippen LogP contribution in [0.25, 0.3) is 0 Å². The van der Waals surface area contributed by atoms with Crippen molar-refractivity contribution >= 4 is 33.0 Å². The molecule has 29 heavy (non-hydrogen) atoms. The van der Waals surface area contributed by atoms with Crippen molar-refractivity contribution in [1.82, 2.24) is 0 Å². The van der Waals surface area contributed by atoms with Crippen LogP contribution in [0.15, 0.2) is 88.8 Å². The van der Waals surface area contributed by atoms with Gasteiger partial charge in [0.1, 0.15) is 5.84 Å². The van der Waals surface area contributed by atoms with E-state index in [9.17, 15) is 13.5 Å². The van der Waals surface area contributed by atoms with Gasteiger partial charge in [-0.25, -0.2) is 13.4 Å². The van der Waals surface area contributed by atoms with Crippen LogP contribution in [0.4, 0.5) is 5.69 Å². The van der Waals surface area contributed by atoms with Gasteiger partial charge in [0.25, 0.3) is 0 Å². The largest absolute Gasteiger partial charge is 0.364 e. The number of aliphatic hydroxyl groups is 1. The van der Waals surface area contributed by atoms with Crippen molar-refractivity contribution in [1.29, 1.82) is 0 Å². The van der Waals surface area contributed by atoms with E-state index in [2.05, 4.69) is 4.99 Å². The second-order valence-corrected chi connectivity index (χ2v) is 9.43. The van der Waals surface area contributed by atoms with Gasteiger partial charge < -0.3 is 10.0 Å². The highest BCUT2D eigenvalue weighted by Crippen LogP contribution is 2.35. The summed E-state index contributed by atoms with van der Waals surface area (Å²) in [5.41, 5.74) is 0.791. The van der Waals surface area contributed by atoms with Crippen molar-refractivity contribution in [2.45, 2.75) is 10.6 Å². The highest BCUT2D eigenvalue weighted by molar-refractivity contribution is 7.90. The summed E-state index contributed by atoms with van der Waals surface area (Å²) in [7, 11) is -3.30. The monoisotopic (exact) mass is 426 g/mol. The van der Waals surface area contributed by atoms with Crippen LogP contribution >= 0.6 is 11.6 Å². The Morgan fingerprint density at radius 2 is 1.59 bits per heavy atom. The van der Waals surface area contributed by atoms with Gasteiger partial charge in [0.05, 0.1) is 11.4 Å². The smallest absolute Gasteiger partial charge is 0.202 e. The van der Waals surface area contributed by atoms with E-state index >= 15 is 0 Å². The van der Waals surface area contributed by atoms with Gasteiger partial charge in [-0.05, 0) is 48.5 Å². The molecule has 1 heterocycles. The Morgan fingerprint density at radius 3 is 2.17 bits per heavy atom. The molecule has 0 saturated carbocycles. The van der Waals surface area contributed by atoms with Gasteiger partial charge in [-0.2, -0.15) is 0 Å². The summed E-state index contributed by atoms with van der Waals surface area (Å²) >= 11 is 6.03. The summed E-state index contributed by atoms with van der Waals surface area (Å²) < 4.78 is 23.6. The van der Waals surface area contributed by atoms with E-state index in [4.69, 9.17) is 11.6 Å². The Hall–Kier alpha value is -2.67. The zero-order chi connectivity index (χ0) is 20.6. The van der Waals surface area contributed by atoms with Crippen LogP contribution < -0.4 is 4.90 Å². The maximum absolute atomic E-state index is 11.8. The van der Waals surface area contributed by atoms with Crippen molar-refractivity contribution < 1.29 is 13.5 Å². The lowest BCUT2D eigenvalue weighted by Gasteiger charge is -2.24. The summed E-state index contributed by atoms with van der Waals surface area (Å²) in [6.07, 6.45) is 1.17. The standard InChI is InChI=1S/C22H19ClN2O3S/c1-29(27,28)20-13-7-16(8-14-20)21-24-22(26,17-5-3-2-4-6-17)15-25(21)19-11-9-18(23)10-12-19/h2-14,26H,15H2,1H3. The number of nitrogens with zero attached hydrogens (tertiary/aromatic N) is 2. The van der Waals surface area contributed by atoms with Crippen LogP contribution in [0.3, 0.4) is 0 Å². The van der Waals surface area contributed by atoms with E-state index in [1.807, 2.05) is 47.4 Å². The molecule has 1 unspecified atom stereocenters. The Labute approximate surface area is 174 Å². The minimum Gasteiger partial charge on any atom is -0.364 e. The molecule has 3 aromatic carbocycles. The Morgan fingerprint density at radius 1 is 0.966 bits per heavy atom. The minimum atomic E-state index is -3.30. The molecule has 0 fully saturated rings. The molecule has 1 atom stereocenters. The molecule has 1 N–H and O–H groups in total. The lowest BCUT2D eigenvalue weighted by molar-refractivity contribution is 0.0648. The number of β-amino-alcohol motifs (C(OH)–C–C–N with tert-alkyl or cyclic N) is 1. The second kappa shape index (κ2) is 7.30. The molecule has 148 valence electrons. The molecule has 0 aromatic heterocycles. The average molecular weight is 427 g/mol. The van der Waals surface area contributed by atoms with Crippen molar-refractivity contribution in [3.63, 3.8) is 0 Å². The third kappa shape index (κ3) is 3.92. The molecule has 7 heteroatoms. The topological polar surface area (TPSA) is 70.0 Å². The Balaban J connectivity index is 1.81. The molecular weight excluding hydrogens is 408 g/mol. The Bertz CT molecular complexity index is 1160. The quantitative estimate of drug-likeness (QED) is 0.687. The summed E-state index contributed by atoms with van der Waals surface area (Å²) in [5, 5.41) is 11.9. The molecule has 0 saturated heterocycles. The first-order chi connectivity index (χ1) is 13.8. The van der Waals surface area contributed by atoms with Gasteiger partial charge in [-0.3, -0.25) is 0 Å². The zero-order valence-corrected chi connectivity index (χ0v) is 17.2. The first-order valence-electron chi connectivity index (χ1n) is 8.98. The molecule has 5 nitrogen and oxygen atoms in total. The number of benzene rings is 3. The number of aliphatic imine (C=N–C) groups is 1. The fourth-order valence-corrected chi connectivity index (χ4v) is 4.09. The minimum absolute atomic E-state index is 0.224. The molecule has 0 amide bonds. The maximum atomic E-state index is 11.8. The van der Waals surface area contributed by atoms with Gasteiger partial charge >= 0.3 is 0 Å². The highest BCUT2D eigenvalue weighted by atomic mass is 35.5. The van der Waals surface area contributed by atoms with Crippen LogP contribution in [-0.4, -0.2) is 32.2 Å². The number of amidine groups is 1. The number of rotatable bonds is 4. The number of anilines is 1. The number of halogens is 1. The van der Waals surface area contributed by atoms with E-state index in [0.717, 1.165) is 5.69 Å². The van der Waals surface area contributed by atoms with Crippen molar-refractivity contribution in [3.8, 4) is 0 Å². The van der Waals surface area contributed by atoms with E-state index in [0.29, 0.717) is 22.0 Å². The summed E-state index contributed by atoms with van der Waals surface area (Å²) in [6.45, 7) is 0.224. The van der Waals surface area contributed by atoms with Crippen LogP contribution in [-0.2, 0) is 15.6 Å². The molecule has 1 aliphatic rings. The maximum Gasteiger partial charge on any atom is 0.202 e. The van der Waals surface area contributed by atoms with E-state index in [1.165, 1.54) is 6.26 Å². The molecular formula is C22H19ClN2O3S. The second-order valence-electron chi connectivity index (χ2n) is 6.98. The predicted octanol–water partition coefficient (Wildman–Crippen LogP) is 3.86. The third-order valence-electron chi connectivity index (χ3n) is 4.84. The van der Waals surface area contributed by atoms with Gasteiger partial charge in [0.2, 0.25) is 5.72 Å². The van der Waals surface area contributed by atoms with Crippen LogP contribution in [0, 0.1) is 0 Å². The first-order valence-corrected chi connectivity index (χ1v) is 11.2. The van der Waals surface area contributed by atoms with E-state index in [-0.39, 0.29) is 11.4 Å². The van der Waals surface area contributed by atoms with Crippen molar-refractivity contribution in [2.75, 3.05) is 17.7 Å². The zero-order valence-electron chi connectivity index (χ0n) is 15.7. The predicted molar refractivity (Wildman–Crippen MR) is 115 cm³/mol. The number of hydrogen-bond acceptors (Lipinski definition) is 5. The third-order valence-corrected chi connectivity index (χ3v) is 6.22. The Kier molecular flexibility index (Phi) is 4.94. The molecule has 0 bridgehead atoms. The van der Waals surface area contributed by atoms with E-state index < -0.39 is 15.6 Å². The molecule has 0 radical (unpaired) electrons. The highest BCUT2D eigenvalue weighted by Gasteiger charge is 2.40. The molecule has 1 aliphatic heterocycles. The summed E-state index contributed by atoms with van der Waals surface area (Å²) in [6, 6.07) is 23.0. The van der Waals surface area contributed by atoms with Gasteiger partial charge in [0, 0.05) is 28.1 Å². The number of hydrogen-bond donors (Lipinski definition) is 1. The van der Waals surface area contributed by atoms with E-state index in [1.54, 1.807) is 36.4 Å². The molecule has 0 spiro atoms. The van der Waals surface area contributed by atoms with Crippen LogP contribution in [0.2, 0.25) is 5.02 Å². The fraction of sp³-hybridized carbons (Fsp3) is 0.136. The molecule has 0 aliphatic carbocycles. The molecule has 4 rings (SSSR count). The summed E-state index contributed by atoms with van der Waals surface area (Å²) in [5.74, 6) is 0.554. The van der Waals surface area contributed by atoms with Gasteiger partial charge in [-0.1, -0.05) is 41.9 Å². The fourth-order valence-electron chi connectivity index (χ4n) is 3.33. The lowest BCUT2D eigenvalue weighted by atomic mass is 10.0. The summed E-state index contributed by atoms with van der Waals surface area (Å²) in [4.78, 5) is 6.78. The van der Waals surface area contributed by atoms with Crippen LogP contribution in [0.1, 0.15) is 11.1 Å². The lowest BCUT2D eigenvalue weighted by Crippen LogP contribution is -2.34. The SMILES string of the molecule is CS(=O)(=O)c1ccc(C2=NC(O)(c3ccccc3)CN2c2ccc(Cl)cc2)cc1. The van der Waals surface area contributed by atoms with Crippen LogP contribution in [0.5, 0.6) is 0 Å². The molecule has 3 aromatic rings. The van der Waals surface area contributed by atoms with Crippen molar-refractivity contribution in [3.05, 3.63) is 95.0 Å². The average Bonchev–Trinajstić information content (AvgIpc) is 3.08. The van der Waals surface area contributed by atoms with Gasteiger partial charge in [-0.15, -0.1) is 0 Å². The normalized spacial score (nSPS) is 19.3.